The molecule has 1 N–H and O–H groups in total. The van der Waals surface area contributed by atoms with E-state index in [1.807, 2.05) is 6.07 Å². The van der Waals surface area contributed by atoms with Crippen molar-refractivity contribution in [3.05, 3.63) is 12.2 Å². The highest BCUT2D eigenvalue weighted by Gasteiger charge is 1.65. The highest BCUT2D eigenvalue weighted by molar-refractivity contribution is 5.62. The molecule has 0 aliphatic carbocycles. The van der Waals surface area contributed by atoms with Gasteiger partial charge in [-0.05, 0) is 6.92 Å². The normalized spacial score (nSPS) is 5.89. The number of hydrogen-bond acceptors (Lipinski definition) is 2. The van der Waals surface area contributed by atoms with Gasteiger partial charge in [0.15, 0.2) is 0 Å². The van der Waals surface area contributed by atoms with E-state index in [1.165, 1.54) is 0 Å². The molecule has 9 heavy (non-hydrogen) atoms. The van der Waals surface area contributed by atoms with Gasteiger partial charge in [-0.2, -0.15) is 5.26 Å². The van der Waals surface area contributed by atoms with Gasteiger partial charge >= 0.3 is 0 Å². The van der Waals surface area contributed by atoms with Crippen molar-refractivity contribution in [3.63, 3.8) is 0 Å². The standard InChI is InChI=1S/C4H5N.C2H4O2/c1-4(2)3-5;1-2(3)4/h1H2,2H3;1H3,(H,3,4). The fourth-order valence-corrected chi connectivity index (χ4v) is 0. The van der Waals surface area contributed by atoms with E-state index in [2.05, 4.69) is 6.58 Å². The van der Waals surface area contributed by atoms with Crippen molar-refractivity contribution in [2.75, 3.05) is 0 Å². The summed E-state index contributed by atoms with van der Waals surface area (Å²) in [5, 5.41) is 15.2. The quantitative estimate of drug-likeness (QED) is 0.497. The van der Waals surface area contributed by atoms with Crippen molar-refractivity contribution < 1.29 is 9.90 Å². The molecule has 0 aromatic heterocycles. The third-order valence-corrected chi connectivity index (χ3v) is 0.191. The maximum Gasteiger partial charge on any atom is 0.300 e. The highest BCUT2D eigenvalue weighted by Crippen LogP contribution is 1.74. The van der Waals surface area contributed by atoms with Crippen molar-refractivity contribution in [2.24, 2.45) is 0 Å². The van der Waals surface area contributed by atoms with Crippen LogP contribution in [0.2, 0.25) is 0 Å². The summed E-state index contributed by atoms with van der Waals surface area (Å²) < 4.78 is 0. The predicted octanol–water partition coefficient (Wildman–Crippen LogP) is 1.18. The average Bonchev–Trinajstić information content (AvgIpc) is 1.65. The lowest BCUT2D eigenvalue weighted by atomic mass is 10.4. The molecule has 0 rings (SSSR count). The van der Waals surface area contributed by atoms with Gasteiger partial charge in [0.1, 0.15) is 0 Å². The van der Waals surface area contributed by atoms with Crippen molar-refractivity contribution in [1.29, 1.82) is 5.26 Å². The maximum atomic E-state index is 9.00. The van der Waals surface area contributed by atoms with Crippen LogP contribution in [0.15, 0.2) is 12.2 Å². The summed E-state index contributed by atoms with van der Waals surface area (Å²) in [6, 6.07) is 1.83. The number of allylic oxidation sites excluding steroid dienone is 1. The van der Waals surface area contributed by atoms with E-state index in [-0.39, 0.29) is 0 Å². The smallest absolute Gasteiger partial charge is 0.300 e. The Morgan fingerprint density at radius 3 is 1.78 bits per heavy atom. The molecule has 0 aromatic carbocycles. The third-order valence-electron chi connectivity index (χ3n) is 0.191. The number of carboxylic acid groups (broad SMARTS) is 1. The molecule has 0 bridgehead atoms. The fourth-order valence-electron chi connectivity index (χ4n) is 0. The van der Waals surface area contributed by atoms with Gasteiger partial charge in [0.2, 0.25) is 0 Å². The molecule has 0 saturated carbocycles. The molecule has 0 atom stereocenters. The SMILES string of the molecule is C=C(C)C#N.CC(=O)O. The molecule has 3 nitrogen and oxygen atoms in total. The van der Waals surface area contributed by atoms with Gasteiger partial charge in [0.05, 0.1) is 6.07 Å². The van der Waals surface area contributed by atoms with Crippen LogP contribution in [0.5, 0.6) is 0 Å². The number of nitriles is 1. The highest BCUT2D eigenvalue weighted by atomic mass is 16.4. The number of carboxylic acids is 1. The molecule has 0 unspecified atom stereocenters. The summed E-state index contributed by atoms with van der Waals surface area (Å²) in [6.45, 7) is 6.06. The summed E-state index contributed by atoms with van der Waals surface area (Å²) in [6.07, 6.45) is 0. The van der Waals surface area contributed by atoms with Crippen LogP contribution in [0.4, 0.5) is 0 Å². The van der Waals surface area contributed by atoms with Crippen LogP contribution in [-0.4, -0.2) is 11.1 Å². The Hall–Kier alpha value is -1.30. The Morgan fingerprint density at radius 1 is 1.67 bits per heavy atom. The van der Waals surface area contributed by atoms with Crippen molar-refractivity contribution in [1.82, 2.24) is 0 Å². The molecule has 0 fully saturated rings. The summed E-state index contributed by atoms with van der Waals surface area (Å²) in [5.41, 5.74) is 0.560. The lowest BCUT2D eigenvalue weighted by Gasteiger charge is -1.61. The molecular weight excluding hydrogens is 118 g/mol. The second-order valence-corrected chi connectivity index (χ2v) is 1.41. The molecule has 0 radical (unpaired) electrons. The number of aliphatic carboxylic acids is 1. The van der Waals surface area contributed by atoms with Crippen LogP contribution in [0, 0.1) is 11.3 Å². The van der Waals surface area contributed by atoms with Gasteiger partial charge < -0.3 is 5.11 Å². The zero-order valence-electron chi connectivity index (χ0n) is 5.51. The number of nitrogens with zero attached hydrogens (tertiary/aromatic N) is 1. The van der Waals surface area contributed by atoms with Gasteiger partial charge in [0, 0.05) is 12.5 Å². The minimum Gasteiger partial charge on any atom is -0.481 e. The Bertz CT molecular complexity index is 140. The van der Waals surface area contributed by atoms with Gasteiger partial charge in [-0.3, -0.25) is 4.79 Å². The third kappa shape index (κ3) is 302. The van der Waals surface area contributed by atoms with E-state index < -0.39 is 5.97 Å². The molecular formula is C6H9NO2. The van der Waals surface area contributed by atoms with Crippen LogP contribution in [-0.2, 0) is 4.79 Å². The second kappa shape index (κ2) is 6.70. The van der Waals surface area contributed by atoms with Crippen molar-refractivity contribution in [2.45, 2.75) is 13.8 Å². The molecule has 0 aliphatic rings. The first-order valence-electron chi connectivity index (χ1n) is 2.25. The Balaban J connectivity index is 0. The van der Waals surface area contributed by atoms with E-state index in [9.17, 15) is 0 Å². The topological polar surface area (TPSA) is 61.1 Å². The minimum absolute atomic E-state index is 0.560. The molecule has 50 valence electrons. The van der Waals surface area contributed by atoms with Crippen LogP contribution in [0.1, 0.15) is 13.8 Å². The van der Waals surface area contributed by atoms with Gasteiger partial charge in [-0.15, -0.1) is 0 Å². The summed E-state index contributed by atoms with van der Waals surface area (Å²) in [4.78, 5) is 9.00. The van der Waals surface area contributed by atoms with Crippen LogP contribution in [0.3, 0.4) is 0 Å². The Kier molecular flexibility index (Phi) is 7.92. The molecule has 0 heterocycles. The lowest BCUT2D eigenvalue weighted by molar-refractivity contribution is -0.134. The molecule has 0 spiro atoms. The first kappa shape index (κ1) is 10.6. The van der Waals surface area contributed by atoms with Crippen LogP contribution < -0.4 is 0 Å². The predicted molar refractivity (Wildman–Crippen MR) is 33.7 cm³/mol. The van der Waals surface area contributed by atoms with Gasteiger partial charge in [-0.25, -0.2) is 0 Å². The van der Waals surface area contributed by atoms with E-state index in [1.54, 1.807) is 6.92 Å². The second-order valence-electron chi connectivity index (χ2n) is 1.41. The molecule has 0 saturated heterocycles. The fraction of sp³-hybridized carbons (Fsp3) is 0.333. The molecule has 0 amide bonds. The summed E-state index contributed by atoms with van der Waals surface area (Å²) >= 11 is 0. The molecule has 0 aromatic rings. The maximum absolute atomic E-state index is 9.00. The van der Waals surface area contributed by atoms with Crippen molar-refractivity contribution >= 4 is 5.97 Å². The number of rotatable bonds is 0. The van der Waals surface area contributed by atoms with Gasteiger partial charge in [-0.1, -0.05) is 6.58 Å². The summed E-state index contributed by atoms with van der Waals surface area (Å²) in [7, 11) is 0. The largest absolute Gasteiger partial charge is 0.481 e. The van der Waals surface area contributed by atoms with Crippen LogP contribution >= 0.6 is 0 Å². The molecule has 3 heteroatoms. The minimum atomic E-state index is -0.833. The van der Waals surface area contributed by atoms with E-state index in [0.717, 1.165) is 6.92 Å². The zero-order chi connectivity index (χ0) is 7.86. The average molecular weight is 127 g/mol. The lowest BCUT2D eigenvalue weighted by Crippen LogP contribution is -1.78. The summed E-state index contributed by atoms with van der Waals surface area (Å²) in [5.74, 6) is -0.833. The van der Waals surface area contributed by atoms with E-state index >= 15 is 0 Å². The Morgan fingerprint density at radius 2 is 1.78 bits per heavy atom. The number of carbonyl (C=O) groups is 1. The first-order valence-corrected chi connectivity index (χ1v) is 2.25. The Labute approximate surface area is 54.2 Å². The van der Waals surface area contributed by atoms with Crippen LogP contribution in [0.25, 0.3) is 0 Å². The van der Waals surface area contributed by atoms with Crippen molar-refractivity contribution in [3.8, 4) is 6.07 Å². The van der Waals surface area contributed by atoms with E-state index in [0.29, 0.717) is 5.57 Å². The first-order chi connectivity index (χ1) is 4.00. The van der Waals surface area contributed by atoms with E-state index in [4.69, 9.17) is 15.2 Å². The zero-order valence-corrected chi connectivity index (χ0v) is 5.51. The van der Waals surface area contributed by atoms with Gasteiger partial charge in [0.25, 0.3) is 5.97 Å². The number of hydrogen-bond donors (Lipinski definition) is 1. The molecule has 0 aliphatic heterocycles. The monoisotopic (exact) mass is 127 g/mol.